The minimum absolute atomic E-state index is 0.149. The Morgan fingerprint density at radius 1 is 1.78 bits per heavy atom. The standard InChI is InChI=1S/C7H10NO/c1-7(9)8-5-3-2-4-6-8/h2H,3,5-6H2,1H3. The third-order valence-corrected chi connectivity index (χ3v) is 1.42. The molecular formula is C7H10NO. The molecule has 0 aromatic rings. The van der Waals surface area contributed by atoms with E-state index in [1.165, 1.54) is 0 Å². The summed E-state index contributed by atoms with van der Waals surface area (Å²) in [6, 6.07) is 0. The Balaban J connectivity index is 2.44. The SMILES string of the molecule is CC(=O)N1C[C]=CCC1. The van der Waals surface area contributed by atoms with Crippen molar-refractivity contribution < 1.29 is 4.79 Å². The van der Waals surface area contributed by atoms with Crippen molar-refractivity contribution >= 4 is 5.91 Å². The first-order valence-electron chi connectivity index (χ1n) is 3.11. The molecule has 0 aromatic carbocycles. The van der Waals surface area contributed by atoms with Crippen molar-refractivity contribution in [3.05, 3.63) is 12.2 Å². The Labute approximate surface area is 55.2 Å². The second-order valence-electron chi connectivity index (χ2n) is 2.14. The Morgan fingerprint density at radius 3 is 2.89 bits per heavy atom. The van der Waals surface area contributed by atoms with Gasteiger partial charge in [-0.2, -0.15) is 0 Å². The molecule has 0 unspecified atom stereocenters. The molecule has 2 heteroatoms. The third-order valence-electron chi connectivity index (χ3n) is 1.42. The highest BCUT2D eigenvalue weighted by atomic mass is 16.2. The van der Waals surface area contributed by atoms with Crippen LogP contribution >= 0.6 is 0 Å². The van der Waals surface area contributed by atoms with Gasteiger partial charge in [0.2, 0.25) is 5.91 Å². The molecule has 0 saturated carbocycles. The average molecular weight is 124 g/mol. The molecule has 9 heavy (non-hydrogen) atoms. The molecule has 0 fully saturated rings. The summed E-state index contributed by atoms with van der Waals surface area (Å²) in [4.78, 5) is 12.4. The highest BCUT2D eigenvalue weighted by Gasteiger charge is 2.07. The zero-order chi connectivity index (χ0) is 6.69. The molecule has 0 N–H and O–H groups in total. The van der Waals surface area contributed by atoms with E-state index in [4.69, 9.17) is 0 Å². The van der Waals surface area contributed by atoms with E-state index in [2.05, 4.69) is 6.08 Å². The lowest BCUT2D eigenvalue weighted by Crippen LogP contribution is -2.31. The highest BCUT2D eigenvalue weighted by Crippen LogP contribution is 1.99. The molecule has 0 atom stereocenters. The smallest absolute Gasteiger partial charge is 0.219 e. The third kappa shape index (κ3) is 1.56. The summed E-state index contributed by atoms with van der Waals surface area (Å²) in [6.07, 6.45) is 5.94. The van der Waals surface area contributed by atoms with E-state index in [1.807, 2.05) is 6.08 Å². The number of rotatable bonds is 0. The van der Waals surface area contributed by atoms with Crippen LogP contribution in [0.4, 0.5) is 0 Å². The topological polar surface area (TPSA) is 20.3 Å². The number of hydrogen-bond acceptors (Lipinski definition) is 1. The number of carbonyl (C=O) groups is 1. The van der Waals surface area contributed by atoms with Crippen LogP contribution in [0.5, 0.6) is 0 Å². The molecule has 1 rings (SSSR count). The second-order valence-corrected chi connectivity index (χ2v) is 2.14. The van der Waals surface area contributed by atoms with Gasteiger partial charge >= 0.3 is 0 Å². The van der Waals surface area contributed by atoms with E-state index in [-0.39, 0.29) is 5.91 Å². The molecule has 49 valence electrons. The maximum atomic E-state index is 10.7. The van der Waals surface area contributed by atoms with Crippen molar-refractivity contribution in [2.75, 3.05) is 13.1 Å². The summed E-state index contributed by atoms with van der Waals surface area (Å²) in [5, 5.41) is 0. The van der Waals surface area contributed by atoms with Crippen LogP contribution < -0.4 is 0 Å². The molecule has 2 nitrogen and oxygen atoms in total. The highest BCUT2D eigenvalue weighted by molar-refractivity contribution is 5.73. The van der Waals surface area contributed by atoms with Crippen molar-refractivity contribution in [1.29, 1.82) is 0 Å². The van der Waals surface area contributed by atoms with Crippen LogP contribution in [0.3, 0.4) is 0 Å². The molecule has 1 amide bonds. The first-order chi connectivity index (χ1) is 4.30. The van der Waals surface area contributed by atoms with E-state index < -0.39 is 0 Å². The summed E-state index contributed by atoms with van der Waals surface area (Å²) in [7, 11) is 0. The number of carbonyl (C=O) groups excluding carboxylic acids is 1. The minimum atomic E-state index is 0.149. The van der Waals surface area contributed by atoms with E-state index in [1.54, 1.807) is 11.8 Å². The summed E-state index contributed by atoms with van der Waals surface area (Å²) >= 11 is 0. The Bertz CT molecular complexity index is 140. The van der Waals surface area contributed by atoms with Gasteiger partial charge in [0.05, 0.1) is 0 Å². The van der Waals surface area contributed by atoms with Crippen molar-refractivity contribution in [3.8, 4) is 0 Å². The van der Waals surface area contributed by atoms with E-state index in [0.29, 0.717) is 6.54 Å². The second kappa shape index (κ2) is 2.67. The molecule has 1 aliphatic rings. The largest absolute Gasteiger partial charge is 0.338 e. The van der Waals surface area contributed by atoms with Crippen molar-refractivity contribution in [2.24, 2.45) is 0 Å². The molecule has 1 aliphatic heterocycles. The molecule has 0 spiro atoms. The normalized spacial score (nSPS) is 18.1. The number of hydrogen-bond donors (Lipinski definition) is 0. The van der Waals surface area contributed by atoms with Gasteiger partial charge in [-0.1, -0.05) is 6.08 Å². The number of amides is 1. The van der Waals surface area contributed by atoms with Crippen molar-refractivity contribution in [1.82, 2.24) is 4.90 Å². The quantitative estimate of drug-likeness (QED) is 0.463. The zero-order valence-corrected chi connectivity index (χ0v) is 5.55. The van der Waals surface area contributed by atoms with Gasteiger partial charge in [-0.05, 0) is 12.5 Å². The molecule has 0 aliphatic carbocycles. The van der Waals surface area contributed by atoms with Crippen molar-refractivity contribution in [2.45, 2.75) is 13.3 Å². The molecule has 0 aromatic heterocycles. The van der Waals surface area contributed by atoms with Crippen LogP contribution in [-0.2, 0) is 4.79 Å². The van der Waals surface area contributed by atoms with Gasteiger partial charge in [0.25, 0.3) is 0 Å². The van der Waals surface area contributed by atoms with Gasteiger partial charge in [0.1, 0.15) is 0 Å². The van der Waals surface area contributed by atoms with E-state index in [0.717, 1.165) is 13.0 Å². The fourth-order valence-electron chi connectivity index (χ4n) is 0.845. The zero-order valence-electron chi connectivity index (χ0n) is 5.55. The van der Waals surface area contributed by atoms with Crippen molar-refractivity contribution in [3.63, 3.8) is 0 Å². The minimum Gasteiger partial charge on any atom is -0.338 e. The van der Waals surface area contributed by atoms with Gasteiger partial charge < -0.3 is 4.90 Å². The van der Waals surface area contributed by atoms with E-state index in [9.17, 15) is 4.79 Å². The van der Waals surface area contributed by atoms with Crippen LogP contribution in [0.2, 0.25) is 0 Å². The van der Waals surface area contributed by atoms with Gasteiger partial charge in [0, 0.05) is 20.0 Å². The monoisotopic (exact) mass is 124 g/mol. The summed E-state index contributed by atoms with van der Waals surface area (Å²) < 4.78 is 0. The fourth-order valence-corrected chi connectivity index (χ4v) is 0.845. The first-order valence-corrected chi connectivity index (χ1v) is 3.11. The lowest BCUT2D eigenvalue weighted by Gasteiger charge is -2.20. The van der Waals surface area contributed by atoms with Crippen LogP contribution in [0.25, 0.3) is 0 Å². The first kappa shape index (κ1) is 6.33. The lowest BCUT2D eigenvalue weighted by molar-refractivity contribution is -0.128. The van der Waals surface area contributed by atoms with E-state index >= 15 is 0 Å². The van der Waals surface area contributed by atoms with Gasteiger partial charge in [0.15, 0.2) is 0 Å². The van der Waals surface area contributed by atoms with Gasteiger partial charge in [-0.25, -0.2) is 0 Å². The molecule has 0 saturated heterocycles. The van der Waals surface area contributed by atoms with Gasteiger partial charge in [-0.15, -0.1) is 0 Å². The predicted molar refractivity (Wildman–Crippen MR) is 34.7 cm³/mol. The molecule has 0 bridgehead atoms. The maximum Gasteiger partial charge on any atom is 0.219 e. The Morgan fingerprint density at radius 2 is 2.56 bits per heavy atom. The fraction of sp³-hybridized carbons (Fsp3) is 0.571. The van der Waals surface area contributed by atoms with Crippen LogP contribution in [0.15, 0.2) is 6.08 Å². The van der Waals surface area contributed by atoms with Crippen LogP contribution in [0.1, 0.15) is 13.3 Å². The van der Waals surface area contributed by atoms with Gasteiger partial charge in [-0.3, -0.25) is 4.79 Å². The summed E-state index contributed by atoms with van der Waals surface area (Å²) in [6.45, 7) is 3.13. The Hall–Kier alpha value is -0.790. The Kier molecular flexibility index (Phi) is 1.88. The maximum absolute atomic E-state index is 10.7. The lowest BCUT2D eigenvalue weighted by atomic mass is 10.2. The average Bonchev–Trinajstić information content (AvgIpc) is 1.90. The molecular weight excluding hydrogens is 114 g/mol. The number of nitrogens with zero attached hydrogens (tertiary/aromatic N) is 1. The summed E-state index contributed by atoms with van der Waals surface area (Å²) in [5.74, 6) is 0.149. The molecule has 1 radical (unpaired) electrons. The summed E-state index contributed by atoms with van der Waals surface area (Å²) in [5.41, 5.74) is 0. The van der Waals surface area contributed by atoms with Crippen LogP contribution in [0, 0.1) is 6.08 Å². The van der Waals surface area contributed by atoms with Crippen LogP contribution in [-0.4, -0.2) is 23.9 Å². The molecule has 1 heterocycles. The predicted octanol–water partition coefficient (Wildman–Crippen LogP) is 0.598.